The third-order valence-electron chi connectivity index (χ3n) is 0.201. The Hall–Kier alpha value is -0.880. The first-order valence-electron chi connectivity index (χ1n) is 3.53. The minimum Gasteiger partial charge on any atom is -0.366 e. The molecule has 0 aromatic carbocycles. The minimum atomic E-state index is -3.67. The molecule has 0 aliphatic heterocycles. The number of hydrogen-bond donors (Lipinski definition) is 2. The number of primary amides is 1. The summed E-state index contributed by atoms with van der Waals surface area (Å²) in [5.41, 5.74) is 4.53. The molecule has 6 heteroatoms. The topological polar surface area (TPSA) is 97.5 Å². The maximum atomic E-state index is 9.47. The second-order valence-corrected chi connectivity index (χ2v) is 3.51. The fraction of sp³-hybridized carbons (Fsp3) is 0.571. The van der Waals surface area contributed by atoms with Crippen molar-refractivity contribution in [2.45, 2.75) is 20.3 Å². The van der Waals surface area contributed by atoms with E-state index in [0.717, 1.165) is 6.08 Å². The summed E-state index contributed by atoms with van der Waals surface area (Å²) < 4.78 is 25.9. The lowest BCUT2D eigenvalue weighted by atomic mass is 10.6. The maximum Gasteiger partial charge on any atom is 0.261 e. The third kappa shape index (κ3) is 737. The van der Waals surface area contributed by atoms with E-state index in [9.17, 15) is 13.2 Å². The summed E-state index contributed by atoms with van der Waals surface area (Å²) >= 11 is 0. The van der Waals surface area contributed by atoms with Crippen molar-refractivity contribution in [2.75, 3.05) is 6.26 Å². The van der Waals surface area contributed by atoms with Crippen molar-refractivity contribution in [3.05, 3.63) is 12.7 Å². The van der Waals surface area contributed by atoms with E-state index in [1.54, 1.807) is 0 Å². The Morgan fingerprint density at radius 1 is 1.54 bits per heavy atom. The number of amides is 1. The van der Waals surface area contributed by atoms with Gasteiger partial charge in [0.1, 0.15) is 0 Å². The third-order valence-corrected chi connectivity index (χ3v) is 0.201. The van der Waals surface area contributed by atoms with Crippen LogP contribution >= 0.6 is 0 Å². The first-order valence-corrected chi connectivity index (χ1v) is 5.38. The second-order valence-electron chi connectivity index (χ2n) is 2.05. The molecule has 0 radical (unpaired) electrons. The smallest absolute Gasteiger partial charge is 0.261 e. The molecule has 80 valence electrons. The van der Waals surface area contributed by atoms with Crippen LogP contribution in [0.15, 0.2) is 12.7 Å². The molecule has 0 aliphatic rings. The molecule has 0 aliphatic carbocycles. The van der Waals surface area contributed by atoms with E-state index in [-0.39, 0.29) is 0 Å². The highest BCUT2D eigenvalue weighted by molar-refractivity contribution is 7.85. The number of carbonyl (C=O) groups excluding carboxylic acids is 1. The quantitative estimate of drug-likeness (QED) is 0.489. The molecule has 3 N–H and O–H groups in total. The molecule has 0 saturated carbocycles. The van der Waals surface area contributed by atoms with Crippen LogP contribution in [0.25, 0.3) is 0 Å². The molecule has 1 amide bonds. The summed E-state index contributed by atoms with van der Waals surface area (Å²) in [7, 11) is -3.67. The highest BCUT2D eigenvalue weighted by Crippen LogP contribution is 1.60. The average molecular weight is 211 g/mol. The van der Waals surface area contributed by atoms with Gasteiger partial charge < -0.3 is 5.73 Å². The summed E-state index contributed by atoms with van der Waals surface area (Å²) in [6, 6.07) is 0. The molecule has 0 bridgehead atoms. The van der Waals surface area contributed by atoms with Gasteiger partial charge in [-0.05, 0) is 6.08 Å². The Bertz CT molecular complexity index is 213. The average Bonchev–Trinajstić information content (AvgIpc) is 1.85. The van der Waals surface area contributed by atoms with E-state index >= 15 is 0 Å². The predicted molar refractivity (Wildman–Crippen MR) is 52.8 cm³/mol. The van der Waals surface area contributed by atoms with Crippen LogP contribution in [0.5, 0.6) is 0 Å². The van der Waals surface area contributed by atoms with Crippen LogP contribution in [0, 0.1) is 0 Å². The van der Waals surface area contributed by atoms with Crippen molar-refractivity contribution in [3.8, 4) is 0 Å². The van der Waals surface area contributed by atoms with E-state index in [4.69, 9.17) is 4.55 Å². The zero-order chi connectivity index (χ0) is 11.5. The first kappa shape index (κ1) is 18.0. The number of rotatable bonds is 1. The number of nitrogens with two attached hydrogens (primary N) is 1. The molecule has 0 rings (SSSR count). The van der Waals surface area contributed by atoms with Crippen LogP contribution < -0.4 is 5.73 Å². The SMILES string of the molecule is C=CC(N)=O.CCC.CS(=O)(=O)O. The molecule has 5 nitrogen and oxygen atoms in total. The van der Waals surface area contributed by atoms with Crippen molar-refractivity contribution in [1.82, 2.24) is 0 Å². The van der Waals surface area contributed by atoms with E-state index in [2.05, 4.69) is 26.2 Å². The lowest BCUT2D eigenvalue weighted by Crippen LogP contribution is -2.04. The predicted octanol–water partition coefficient (Wildman–Crippen LogP) is 0.578. The van der Waals surface area contributed by atoms with Crippen LogP contribution in [0.3, 0.4) is 0 Å². The van der Waals surface area contributed by atoms with Gasteiger partial charge in [-0.3, -0.25) is 9.35 Å². The van der Waals surface area contributed by atoms with Gasteiger partial charge in [-0.25, -0.2) is 0 Å². The molecule has 0 aromatic rings. The zero-order valence-electron chi connectivity index (χ0n) is 8.15. The van der Waals surface area contributed by atoms with Gasteiger partial charge in [-0.1, -0.05) is 26.8 Å². The van der Waals surface area contributed by atoms with E-state index < -0.39 is 16.0 Å². The molecule has 0 spiro atoms. The molecule has 0 heterocycles. The van der Waals surface area contributed by atoms with Gasteiger partial charge in [-0.15, -0.1) is 0 Å². The Kier molecular flexibility index (Phi) is 15.4. The van der Waals surface area contributed by atoms with E-state index in [0.29, 0.717) is 6.26 Å². The summed E-state index contributed by atoms with van der Waals surface area (Å²) in [6.07, 6.45) is 3.02. The van der Waals surface area contributed by atoms with Crippen LogP contribution in [0.4, 0.5) is 0 Å². The van der Waals surface area contributed by atoms with Crippen molar-refractivity contribution < 1.29 is 17.8 Å². The molecule has 13 heavy (non-hydrogen) atoms. The number of carbonyl (C=O) groups is 1. The molecular formula is C7H17NO4S. The summed E-state index contributed by atoms with van der Waals surface area (Å²) in [5, 5.41) is 0. The van der Waals surface area contributed by atoms with Gasteiger partial charge in [0, 0.05) is 0 Å². The van der Waals surface area contributed by atoms with Gasteiger partial charge >= 0.3 is 0 Å². The molecule has 0 unspecified atom stereocenters. The Morgan fingerprint density at radius 2 is 1.62 bits per heavy atom. The molecule has 0 fully saturated rings. The van der Waals surface area contributed by atoms with Gasteiger partial charge in [-0.2, -0.15) is 8.42 Å². The first-order chi connectivity index (χ1) is 5.68. The maximum absolute atomic E-state index is 9.47. The zero-order valence-corrected chi connectivity index (χ0v) is 8.97. The Balaban J connectivity index is -0.000000120. The summed E-state index contributed by atoms with van der Waals surface area (Å²) in [4.78, 5) is 9.47. The standard InChI is InChI=1S/C3H5NO.C3H8.CH4O3S/c1-2-3(4)5;1-3-2;1-5(2,3)4/h2H,1H2,(H2,4,5);3H2,1-2H3;1H3,(H,2,3,4). The second kappa shape index (κ2) is 11.1. The summed E-state index contributed by atoms with van der Waals surface area (Å²) in [6.45, 7) is 7.34. The Labute approximate surface area is 79.4 Å². The molecular weight excluding hydrogens is 194 g/mol. The highest BCUT2D eigenvalue weighted by atomic mass is 32.2. The van der Waals surface area contributed by atoms with Crippen molar-refractivity contribution in [3.63, 3.8) is 0 Å². The van der Waals surface area contributed by atoms with Crippen molar-refractivity contribution >= 4 is 16.0 Å². The Morgan fingerprint density at radius 3 is 1.62 bits per heavy atom. The van der Waals surface area contributed by atoms with Crippen LogP contribution in [0.1, 0.15) is 20.3 Å². The largest absolute Gasteiger partial charge is 0.366 e. The van der Waals surface area contributed by atoms with Gasteiger partial charge in [0.25, 0.3) is 10.1 Å². The summed E-state index contributed by atoms with van der Waals surface area (Å²) in [5.74, 6) is -0.481. The van der Waals surface area contributed by atoms with Crippen LogP contribution in [0.2, 0.25) is 0 Å². The minimum absolute atomic E-state index is 0.481. The molecule has 0 atom stereocenters. The van der Waals surface area contributed by atoms with E-state index in [1.165, 1.54) is 6.42 Å². The molecule has 0 aromatic heterocycles. The monoisotopic (exact) mass is 211 g/mol. The fourth-order valence-corrected chi connectivity index (χ4v) is 0. The van der Waals surface area contributed by atoms with Gasteiger partial charge in [0.05, 0.1) is 6.26 Å². The molecule has 0 saturated heterocycles. The van der Waals surface area contributed by atoms with Gasteiger partial charge in [0.2, 0.25) is 5.91 Å². The lowest BCUT2D eigenvalue weighted by molar-refractivity contribution is -0.113. The van der Waals surface area contributed by atoms with Crippen molar-refractivity contribution in [2.24, 2.45) is 5.73 Å². The van der Waals surface area contributed by atoms with Crippen LogP contribution in [-0.4, -0.2) is 25.1 Å². The van der Waals surface area contributed by atoms with Gasteiger partial charge in [0.15, 0.2) is 0 Å². The van der Waals surface area contributed by atoms with E-state index in [1.807, 2.05) is 0 Å². The lowest BCUT2D eigenvalue weighted by Gasteiger charge is -1.69. The highest BCUT2D eigenvalue weighted by Gasteiger charge is 1.81. The fourth-order valence-electron chi connectivity index (χ4n) is 0. The van der Waals surface area contributed by atoms with Crippen molar-refractivity contribution in [1.29, 1.82) is 0 Å². The number of hydrogen-bond acceptors (Lipinski definition) is 3. The normalized spacial score (nSPS) is 8.31. The van der Waals surface area contributed by atoms with Crippen LogP contribution in [-0.2, 0) is 14.9 Å².